The lowest BCUT2D eigenvalue weighted by atomic mass is 10.1. The Hall–Kier alpha value is -1.29. The minimum absolute atomic E-state index is 0.747. The molecule has 0 fully saturated rings. The predicted octanol–water partition coefficient (Wildman–Crippen LogP) is 6.90. The smallest absolute Gasteiger partial charge is 0.0621 e. The van der Waals surface area contributed by atoms with Crippen molar-refractivity contribution in [3.63, 3.8) is 0 Å². The quantitative estimate of drug-likeness (QED) is 0.406. The summed E-state index contributed by atoms with van der Waals surface area (Å²) >= 11 is 0. The van der Waals surface area contributed by atoms with Crippen molar-refractivity contribution in [3.8, 4) is 6.07 Å². The summed E-state index contributed by atoms with van der Waals surface area (Å²) in [4.78, 5) is 0. The summed E-state index contributed by atoms with van der Waals surface area (Å²) in [6.07, 6.45) is 15.7. The summed E-state index contributed by atoms with van der Waals surface area (Å²) < 4.78 is 0. The van der Waals surface area contributed by atoms with Crippen LogP contribution in [0.3, 0.4) is 0 Å². The Balaban J connectivity index is 0.000000547. The summed E-state index contributed by atoms with van der Waals surface area (Å²) in [5, 5.41) is 8.36. The number of nitrogens with zero attached hydrogens (tertiary/aromatic N) is 1. The van der Waals surface area contributed by atoms with Gasteiger partial charge >= 0.3 is 0 Å². The molecule has 0 atom stereocenters. The van der Waals surface area contributed by atoms with E-state index in [1.165, 1.54) is 64.2 Å². The van der Waals surface area contributed by atoms with E-state index >= 15 is 0 Å². The van der Waals surface area contributed by atoms with Crippen LogP contribution in [0.2, 0.25) is 0 Å². The van der Waals surface area contributed by atoms with E-state index in [4.69, 9.17) is 5.26 Å². The third-order valence-corrected chi connectivity index (χ3v) is 3.56. The van der Waals surface area contributed by atoms with Crippen molar-refractivity contribution in [1.29, 1.82) is 5.26 Å². The van der Waals surface area contributed by atoms with E-state index in [1.54, 1.807) is 0 Å². The van der Waals surface area contributed by atoms with E-state index in [9.17, 15) is 0 Å². The van der Waals surface area contributed by atoms with Gasteiger partial charge in [0.05, 0.1) is 6.07 Å². The highest BCUT2D eigenvalue weighted by molar-refractivity contribution is 4.99. The van der Waals surface area contributed by atoms with E-state index in [2.05, 4.69) is 13.0 Å². The molecule has 0 bridgehead atoms. The van der Waals surface area contributed by atoms with Gasteiger partial charge in [0.15, 0.2) is 0 Å². The fourth-order valence-corrected chi connectivity index (χ4v) is 2.25. The van der Waals surface area contributed by atoms with Crippen molar-refractivity contribution in [1.82, 2.24) is 0 Å². The third kappa shape index (κ3) is 18.7. The van der Waals surface area contributed by atoms with Crippen LogP contribution >= 0.6 is 0 Å². The molecule has 0 aliphatic heterocycles. The fraction of sp³-hybridized carbons (Fsp3) is 0.650. The van der Waals surface area contributed by atoms with Crippen LogP contribution in [0, 0.1) is 11.3 Å². The van der Waals surface area contributed by atoms with Crippen molar-refractivity contribution in [2.24, 2.45) is 0 Å². The van der Waals surface area contributed by atoms with Crippen LogP contribution in [0.15, 0.2) is 36.4 Å². The molecule has 118 valence electrons. The van der Waals surface area contributed by atoms with E-state index in [1.807, 2.05) is 36.4 Å². The number of unbranched alkanes of at least 4 members (excludes halogenated alkanes) is 11. The zero-order chi connectivity index (χ0) is 15.4. The average Bonchev–Trinajstić information content (AvgIpc) is 2.55. The molecule has 0 aliphatic carbocycles. The van der Waals surface area contributed by atoms with Crippen LogP contribution in [-0.4, -0.2) is 0 Å². The van der Waals surface area contributed by atoms with Gasteiger partial charge in [-0.05, 0) is 6.42 Å². The first-order valence-corrected chi connectivity index (χ1v) is 8.78. The maximum absolute atomic E-state index is 8.36. The van der Waals surface area contributed by atoms with Crippen molar-refractivity contribution in [2.75, 3.05) is 0 Å². The van der Waals surface area contributed by atoms with Crippen LogP contribution < -0.4 is 0 Å². The Kier molecular flexibility index (Phi) is 17.6. The van der Waals surface area contributed by atoms with Gasteiger partial charge in [0.2, 0.25) is 0 Å². The van der Waals surface area contributed by atoms with Gasteiger partial charge < -0.3 is 0 Å². The summed E-state index contributed by atoms with van der Waals surface area (Å²) in [6.45, 7) is 2.27. The topological polar surface area (TPSA) is 23.8 Å². The Morgan fingerprint density at radius 2 is 0.905 bits per heavy atom. The highest BCUT2D eigenvalue weighted by Gasteiger charge is 1.92. The van der Waals surface area contributed by atoms with Gasteiger partial charge in [-0.15, -0.1) is 0 Å². The second-order valence-electron chi connectivity index (χ2n) is 5.60. The number of rotatable bonds is 11. The summed E-state index contributed by atoms with van der Waals surface area (Å²) in [5.74, 6) is 0. The molecule has 21 heavy (non-hydrogen) atoms. The summed E-state index contributed by atoms with van der Waals surface area (Å²) in [5.41, 5.74) is 0. The molecular weight excluding hydrogens is 254 g/mol. The maximum Gasteiger partial charge on any atom is 0.0621 e. The lowest BCUT2D eigenvalue weighted by Crippen LogP contribution is -1.81. The molecule has 1 nitrogen and oxygen atoms in total. The predicted molar refractivity (Wildman–Crippen MR) is 93.1 cm³/mol. The third-order valence-electron chi connectivity index (χ3n) is 3.56. The van der Waals surface area contributed by atoms with Crippen LogP contribution in [0.5, 0.6) is 0 Å². The van der Waals surface area contributed by atoms with Gasteiger partial charge in [-0.1, -0.05) is 108 Å². The minimum Gasteiger partial charge on any atom is -0.198 e. The second kappa shape index (κ2) is 18.7. The van der Waals surface area contributed by atoms with Crippen molar-refractivity contribution in [3.05, 3.63) is 36.4 Å². The standard InChI is InChI=1S/C14H27N.C6H6/c1-2-3-4-5-6-7-8-9-10-11-12-13-14-15;1-2-4-6-5-3-1/h2-13H2,1H3;1-6H. The Morgan fingerprint density at radius 1 is 0.571 bits per heavy atom. The first-order chi connectivity index (χ1) is 10.4. The van der Waals surface area contributed by atoms with Gasteiger partial charge in [0, 0.05) is 6.42 Å². The zero-order valence-corrected chi connectivity index (χ0v) is 13.9. The normalized spacial score (nSPS) is 9.52. The van der Waals surface area contributed by atoms with Crippen LogP contribution in [0.1, 0.15) is 84.0 Å². The van der Waals surface area contributed by atoms with Crippen LogP contribution in [-0.2, 0) is 0 Å². The zero-order valence-electron chi connectivity index (χ0n) is 13.9. The Morgan fingerprint density at radius 3 is 1.24 bits per heavy atom. The van der Waals surface area contributed by atoms with Gasteiger partial charge in [-0.25, -0.2) is 0 Å². The highest BCUT2D eigenvalue weighted by atomic mass is 14.2. The number of hydrogen-bond acceptors (Lipinski definition) is 1. The van der Waals surface area contributed by atoms with Crippen molar-refractivity contribution in [2.45, 2.75) is 84.0 Å². The minimum atomic E-state index is 0.747. The lowest BCUT2D eigenvalue weighted by molar-refractivity contribution is 0.551. The molecule has 0 amide bonds. The number of nitriles is 1. The highest BCUT2D eigenvalue weighted by Crippen LogP contribution is 2.11. The van der Waals surface area contributed by atoms with E-state index in [0.29, 0.717) is 0 Å². The van der Waals surface area contributed by atoms with E-state index < -0.39 is 0 Å². The SMILES string of the molecule is CCCCCCCCCCCCCC#N.c1ccccc1. The molecule has 0 saturated carbocycles. The van der Waals surface area contributed by atoms with Gasteiger partial charge in [0.25, 0.3) is 0 Å². The van der Waals surface area contributed by atoms with E-state index in [-0.39, 0.29) is 0 Å². The summed E-state index contributed by atoms with van der Waals surface area (Å²) in [7, 11) is 0. The molecule has 0 N–H and O–H groups in total. The van der Waals surface area contributed by atoms with Crippen molar-refractivity contribution < 1.29 is 0 Å². The molecule has 1 rings (SSSR count). The number of hydrogen-bond donors (Lipinski definition) is 0. The Labute approximate surface area is 132 Å². The lowest BCUT2D eigenvalue weighted by Gasteiger charge is -2.01. The van der Waals surface area contributed by atoms with Gasteiger partial charge in [-0.3, -0.25) is 0 Å². The molecule has 0 heterocycles. The summed E-state index contributed by atoms with van der Waals surface area (Å²) in [6, 6.07) is 14.2. The van der Waals surface area contributed by atoms with Crippen LogP contribution in [0.4, 0.5) is 0 Å². The van der Waals surface area contributed by atoms with Crippen molar-refractivity contribution >= 4 is 0 Å². The molecule has 0 saturated heterocycles. The molecule has 1 heteroatoms. The molecule has 0 aliphatic rings. The largest absolute Gasteiger partial charge is 0.198 e. The first-order valence-electron chi connectivity index (χ1n) is 8.78. The first kappa shape index (κ1) is 19.7. The Bertz CT molecular complexity index is 286. The molecule has 0 aromatic heterocycles. The van der Waals surface area contributed by atoms with Crippen LogP contribution in [0.25, 0.3) is 0 Å². The molecule has 0 spiro atoms. The molecule has 1 aromatic carbocycles. The molecular formula is C20H33N. The average molecular weight is 287 g/mol. The van der Waals surface area contributed by atoms with Gasteiger partial charge in [-0.2, -0.15) is 5.26 Å². The second-order valence-corrected chi connectivity index (χ2v) is 5.60. The monoisotopic (exact) mass is 287 g/mol. The fourth-order valence-electron chi connectivity index (χ4n) is 2.25. The number of benzene rings is 1. The molecule has 1 aromatic rings. The van der Waals surface area contributed by atoms with E-state index in [0.717, 1.165) is 12.8 Å². The maximum atomic E-state index is 8.36. The molecule has 0 radical (unpaired) electrons. The molecule has 0 unspecified atom stereocenters. The van der Waals surface area contributed by atoms with Gasteiger partial charge in [0.1, 0.15) is 0 Å².